The van der Waals surface area contributed by atoms with Crippen molar-refractivity contribution in [3.05, 3.63) is 23.4 Å². The highest BCUT2D eigenvalue weighted by atomic mass is 16.5. The van der Waals surface area contributed by atoms with Gasteiger partial charge in [0.2, 0.25) is 5.88 Å². The molecule has 0 atom stereocenters. The second-order valence-corrected chi connectivity index (χ2v) is 2.70. The Kier molecular flexibility index (Phi) is 3.71. The first kappa shape index (κ1) is 9.99. The van der Waals surface area contributed by atoms with Crippen LogP contribution in [0.15, 0.2) is 12.1 Å². The molecule has 0 aliphatic heterocycles. The van der Waals surface area contributed by atoms with Crippen molar-refractivity contribution in [2.75, 3.05) is 6.61 Å². The molecule has 0 amide bonds. The highest BCUT2D eigenvalue weighted by Crippen LogP contribution is 2.13. The summed E-state index contributed by atoms with van der Waals surface area (Å²) in [4.78, 5) is 4.27. The van der Waals surface area contributed by atoms with Gasteiger partial charge in [-0.05, 0) is 25.0 Å². The first-order valence-corrected chi connectivity index (χ1v) is 4.54. The van der Waals surface area contributed by atoms with E-state index in [1.54, 1.807) is 6.07 Å². The number of aliphatic hydroxyl groups is 1. The zero-order chi connectivity index (χ0) is 9.68. The van der Waals surface area contributed by atoms with Gasteiger partial charge in [0.25, 0.3) is 0 Å². The fourth-order valence-electron chi connectivity index (χ4n) is 1.19. The van der Waals surface area contributed by atoms with Crippen LogP contribution in [0.25, 0.3) is 0 Å². The maximum absolute atomic E-state index is 8.99. The number of ether oxygens (including phenoxy) is 1. The fourth-order valence-corrected chi connectivity index (χ4v) is 1.19. The molecular formula is C10H15NO2. The number of aryl methyl sites for hydroxylation is 1. The van der Waals surface area contributed by atoms with E-state index in [0.717, 1.165) is 17.7 Å². The molecule has 0 unspecified atom stereocenters. The topological polar surface area (TPSA) is 42.4 Å². The molecule has 1 aromatic rings. The number of aromatic nitrogens is 1. The van der Waals surface area contributed by atoms with Gasteiger partial charge < -0.3 is 9.84 Å². The van der Waals surface area contributed by atoms with Crippen molar-refractivity contribution in [3.63, 3.8) is 0 Å². The average Bonchev–Trinajstić information content (AvgIpc) is 2.18. The first-order chi connectivity index (χ1) is 6.31. The van der Waals surface area contributed by atoms with Crippen LogP contribution in [0.4, 0.5) is 0 Å². The minimum atomic E-state index is 0.0442. The molecule has 1 rings (SSSR count). The van der Waals surface area contributed by atoms with E-state index < -0.39 is 0 Å². The van der Waals surface area contributed by atoms with E-state index in [1.807, 2.05) is 19.9 Å². The molecule has 0 aliphatic rings. The third kappa shape index (κ3) is 2.42. The van der Waals surface area contributed by atoms with Gasteiger partial charge in [-0.15, -0.1) is 0 Å². The summed E-state index contributed by atoms with van der Waals surface area (Å²) in [6.45, 7) is 4.60. The van der Waals surface area contributed by atoms with Crippen LogP contribution in [0.5, 0.6) is 5.88 Å². The highest BCUT2D eigenvalue weighted by molar-refractivity contribution is 5.25. The van der Waals surface area contributed by atoms with E-state index in [0.29, 0.717) is 12.5 Å². The van der Waals surface area contributed by atoms with E-state index >= 15 is 0 Å². The monoisotopic (exact) mass is 181 g/mol. The molecule has 0 spiro atoms. The van der Waals surface area contributed by atoms with Crippen LogP contribution < -0.4 is 4.74 Å². The predicted octanol–water partition coefficient (Wildman–Crippen LogP) is 1.53. The normalized spacial score (nSPS) is 10.1. The summed E-state index contributed by atoms with van der Waals surface area (Å²) in [5.74, 6) is 0.636. The van der Waals surface area contributed by atoms with Crippen LogP contribution >= 0.6 is 0 Å². The zero-order valence-corrected chi connectivity index (χ0v) is 8.08. The second kappa shape index (κ2) is 4.82. The summed E-state index contributed by atoms with van der Waals surface area (Å²) in [6, 6.07) is 3.64. The summed E-state index contributed by atoms with van der Waals surface area (Å²) in [7, 11) is 0. The Bertz CT molecular complexity index is 274. The molecule has 0 saturated heterocycles. The number of hydrogen-bond donors (Lipinski definition) is 1. The van der Waals surface area contributed by atoms with Crippen molar-refractivity contribution in [3.8, 4) is 5.88 Å². The van der Waals surface area contributed by atoms with Crippen LogP contribution in [0.1, 0.15) is 25.1 Å². The SMILES string of the molecule is CCOc1ccc(CO)c(CC)n1. The Morgan fingerprint density at radius 1 is 1.38 bits per heavy atom. The van der Waals surface area contributed by atoms with Crippen LogP contribution in [0, 0.1) is 0 Å². The van der Waals surface area contributed by atoms with Crippen molar-refractivity contribution < 1.29 is 9.84 Å². The molecule has 3 nitrogen and oxygen atoms in total. The summed E-state index contributed by atoms with van der Waals surface area (Å²) < 4.78 is 5.26. The smallest absolute Gasteiger partial charge is 0.213 e. The molecule has 0 bridgehead atoms. The molecular weight excluding hydrogens is 166 g/mol. The number of nitrogens with zero attached hydrogens (tertiary/aromatic N) is 1. The van der Waals surface area contributed by atoms with Gasteiger partial charge in [-0.2, -0.15) is 0 Å². The Labute approximate surface area is 78.4 Å². The van der Waals surface area contributed by atoms with E-state index in [9.17, 15) is 0 Å². The number of hydrogen-bond acceptors (Lipinski definition) is 3. The Hall–Kier alpha value is -1.09. The maximum Gasteiger partial charge on any atom is 0.213 e. The lowest BCUT2D eigenvalue weighted by Gasteiger charge is -2.07. The third-order valence-corrected chi connectivity index (χ3v) is 1.84. The Morgan fingerprint density at radius 2 is 2.15 bits per heavy atom. The van der Waals surface area contributed by atoms with Gasteiger partial charge in [-0.25, -0.2) is 4.98 Å². The van der Waals surface area contributed by atoms with Gasteiger partial charge in [0, 0.05) is 11.8 Å². The standard InChI is InChI=1S/C10H15NO2/c1-3-9-8(7-12)5-6-10(11-9)13-4-2/h5-6,12H,3-4,7H2,1-2H3. The van der Waals surface area contributed by atoms with Crippen LogP contribution in [0.2, 0.25) is 0 Å². The van der Waals surface area contributed by atoms with Gasteiger partial charge in [0.05, 0.1) is 13.2 Å². The second-order valence-electron chi connectivity index (χ2n) is 2.70. The number of pyridine rings is 1. The minimum absolute atomic E-state index is 0.0442. The molecule has 1 aromatic heterocycles. The van der Waals surface area contributed by atoms with Crippen molar-refractivity contribution in [1.29, 1.82) is 0 Å². The summed E-state index contributed by atoms with van der Waals surface area (Å²) in [5.41, 5.74) is 1.79. The quantitative estimate of drug-likeness (QED) is 0.766. The third-order valence-electron chi connectivity index (χ3n) is 1.84. The molecule has 72 valence electrons. The Balaban J connectivity index is 2.91. The molecule has 0 aromatic carbocycles. The lowest BCUT2D eigenvalue weighted by atomic mass is 10.1. The molecule has 0 saturated carbocycles. The van der Waals surface area contributed by atoms with Crippen molar-refractivity contribution in [2.45, 2.75) is 26.9 Å². The van der Waals surface area contributed by atoms with Gasteiger partial charge in [-0.3, -0.25) is 0 Å². The lowest BCUT2D eigenvalue weighted by Crippen LogP contribution is -2.00. The van der Waals surface area contributed by atoms with Crippen molar-refractivity contribution in [2.24, 2.45) is 0 Å². The maximum atomic E-state index is 8.99. The van der Waals surface area contributed by atoms with Crippen molar-refractivity contribution >= 4 is 0 Å². The van der Waals surface area contributed by atoms with Gasteiger partial charge in [0.1, 0.15) is 0 Å². The first-order valence-electron chi connectivity index (χ1n) is 4.54. The lowest BCUT2D eigenvalue weighted by molar-refractivity contribution is 0.278. The van der Waals surface area contributed by atoms with Gasteiger partial charge in [-0.1, -0.05) is 6.92 Å². The van der Waals surface area contributed by atoms with E-state index in [1.165, 1.54) is 0 Å². The Morgan fingerprint density at radius 3 is 2.69 bits per heavy atom. The summed E-state index contributed by atoms with van der Waals surface area (Å²) in [5, 5.41) is 8.99. The molecule has 1 N–H and O–H groups in total. The minimum Gasteiger partial charge on any atom is -0.478 e. The van der Waals surface area contributed by atoms with Crippen LogP contribution in [-0.2, 0) is 13.0 Å². The van der Waals surface area contributed by atoms with Gasteiger partial charge in [0.15, 0.2) is 0 Å². The van der Waals surface area contributed by atoms with Crippen LogP contribution in [-0.4, -0.2) is 16.7 Å². The van der Waals surface area contributed by atoms with Crippen molar-refractivity contribution in [1.82, 2.24) is 4.98 Å². The van der Waals surface area contributed by atoms with E-state index in [4.69, 9.17) is 9.84 Å². The zero-order valence-electron chi connectivity index (χ0n) is 8.08. The molecule has 13 heavy (non-hydrogen) atoms. The molecule has 0 fully saturated rings. The van der Waals surface area contributed by atoms with E-state index in [2.05, 4.69) is 4.98 Å². The number of rotatable bonds is 4. The highest BCUT2D eigenvalue weighted by Gasteiger charge is 2.02. The molecule has 0 radical (unpaired) electrons. The molecule has 1 heterocycles. The van der Waals surface area contributed by atoms with Crippen LogP contribution in [0.3, 0.4) is 0 Å². The number of aliphatic hydroxyl groups excluding tert-OH is 1. The summed E-state index contributed by atoms with van der Waals surface area (Å²) in [6.07, 6.45) is 0.816. The average molecular weight is 181 g/mol. The molecule has 0 aliphatic carbocycles. The summed E-state index contributed by atoms with van der Waals surface area (Å²) >= 11 is 0. The van der Waals surface area contributed by atoms with E-state index in [-0.39, 0.29) is 6.61 Å². The fraction of sp³-hybridized carbons (Fsp3) is 0.500. The van der Waals surface area contributed by atoms with Gasteiger partial charge >= 0.3 is 0 Å². The predicted molar refractivity (Wildman–Crippen MR) is 50.7 cm³/mol. The molecule has 3 heteroatoms. The largest absolute Gasteiger partial charge is 0.478 e.